The molecule has 1 aliphatic rings. The van der Waals surface area contributed by atoms with E-state index in [1.807, 2.05) is 0 Å². The molecule has 1 aliphatic heterocycles. The zero-order chi connectivity index (χ0) is 15.7. The second kappa shape index (κ2) is 5.76. The third-order valence-electron chi connectivity index (χ3n) is 3.65. The Morgan fingerprint density at radius 2 is 1.95 bits per heavy atom. The molecule has 0 unspecified atom stereocenters. The van der Waals surface area contributed by atoms with Gasteiger partial charge in [0.25, 0.3) is 0 Å². The van der Waals surface area contributed by atoms with Gasteiger partial charge in [0.1, 0.15) is 5.75 Å². The fourth-order valence-electron chi connectivity index (χ4n) is 2.44. The molecule has 22 heavy (non-hydrogen) atoms. The lowest BCUT2D eigenvalue weighted by atomic mass is 9.79. The maximum atomic E-state index is 12.4. The van der Waals surface area contributed by atoms with Crippen molar-refractivity contribution in [1.29, 1.82) is 0 Å². The molecular weight excluding hydrogens is 303 g/mol. The average molecular weight is 318 g/mol. The molecule has 3 rings (SSSR count). The van der Waals surface area contributed by atoms with Crippen LogP contribution in [0.1, 0.15) is 11.1 Å². The van der Waals surface area contributed by atoms with Crippen molar-refractivity contribution < 1.29 is 22.8 Å². The average Bonchev–Trinajstić information content (AvgIpc) is 2.88. The molecule has 1 heterocycles. The van der Waals surface area contributed by atoms with Gasteiger partial charge in [-0.25, -0.2) is 8.42 Å². The van der Waals surface area contributed by atoms with Gasteiger partial charge in [-0.1, -0.05) is 18.2 Å². The highest BCUT2D eigenvalue weighted by atomic mass is 32.2. The molecule has 2 aromatic rings. The number of sulfone groups is 1. The van der Waals surface area contributed by atoms with Gasteiger partial charge in [-0.3, -0.25) is 0 Å². The molecule has 5 nitrogen and oxygen atoms in total. The van der Waals surface area contributed by atoms with E-state index in [2.05, 4.69) is 0 Å². The molecule has 0 amide bonds. The summed E-state index contributed by atoms with van der Waals surface area (Å²) in [7, 11) is -2.90. The summed E-state index contributed by atoms with van der Waals surface area (Å²) in [6.07, 6.45) is 0. The van der Waals surface area contributed by atoms with E-state index in [1.54, 1.807) is 30.3 Å². The Hall–Kier alpha value is -1.83. The minimum absolute atomic E-state index is 0.126. The van der Waals surface area contributed by atoms with Gasteiger partial charge in [-0.05, 0) is 40.9 Å². The third-order valence-corrected chi connectivity index (χ3v) is 5.35. The number of benzene rings is 2. The van der Waals surface area contributed by atoms with Crippen LogP contribution in [0.3, 0.4) is 0 Å². The summed E-state index contributed by atoms with van der Waals surface area (Å²) >= 11 is 0. The highest BCUT2D eigenvalue weighted by molar-refractivity contribution is 7.90. The van der Waals surface area contributed by atoms with E-state index in [-0.39, 0.29) is 10.6 Å². The minimum Gasteiger partial charge on any atom is -0.497 e. The van der Waals surface area contributed by atoms with Gasteiger partial charge in [0.15, 0.2) is 9.84 Å². The van der Waals surface area contributed by atoms with Crippen LogP contribution in [-0.2, 0) is 26.9 Å². The Kier molecular flexibility index (Phi) is 3.95. The monoisotopic (exact) mass is 318 g/mol. The van der Waals surface area contributed by atoms with Crippen LogP contribution in [0.25, 0.3) is 0 Å². The quantitative estimate of drug-likeness (QED) is 0.848. The van der Waals surface area contributed by atoms with Gasteiger partial charge >= 0.3 is 7.12 Å². The molecule has 0 radical (unpaired) electrons. The lowest BCUT2D eigenvalue weighted by molar-refractivity contribution is 0.275. The number of hydrogen-bond donors (Lipinski definition) is 1. The molecule has 7 heteroatoms. The summed E-state index contributed by atoms with van der Waals surface area (Å²) in [5.41, 5.74) is 2.15. The summed E-state index contributed by atoms with van der Waals surface area (Å²) in [6.45, 7) is 0.349. The van der Waals surface area contributed by atoms with Crippen LogP contribution in [0.5, 0.6) is 5.75 Å². The van der Waals surface area contributed by atoms with E-state index in [0.29, 0.717) is 23.4 Å². The van der Waals surface area contributed by atoms with Crippen LogP contribution < -0.4 is 10.2 Å². The maximum absolute atomic E-state index is 12.4. The van der Waals surface area contributed by atoms with Crippen molar-refractivity contribution in [2.75, 3.05) is 7.11 Å². The van der Waals surface area contributed by atoms with Gasteiger partial charge in [0, 0.05) is 0 Å². The van der Waals surface area contributed by atoms with E-state index in [4.69, 9.17) is 9.39 Å². The van der Waals surface area contributed by atoms with E-state index >= 15 is 0 Å². The van der Waals surface area contributed by atoms with Crippen LogP contribution in [0, 0.1) is 0 Å². The van der Waals surface area contributed by atoms with Crippen LogP contribution in [0.2, 0.25) is 0 Å². The normalized spacial score (nSPS) is 14.0. The molecule has 0 atom stereocenters. The SMILES string of the molecule is COc1ccc(S(=O)(=O)Cc2ccc3c(c2)B(O)OC3)cc1. The van der Waals surface area contributed by atoms with Crippen molar-refractivity contribution in [2.24, 2.45) is 0 Å². The maximum Gasteiger partial charge on any atom is 0.491 e. The van der Waals surface area contributed by atoms with Crippen molar-refractivity contribution >= 4 is 22.4 Å². The Morgan fingerprint density at radius 1 is 1.23 bits per heavy atom. The summed E-state index contributed by atoms with van der Waals surface area (Å²) in [5.74, 6) is 0.482. The van der Waals surface area contributed by atoms with Crippen molar-refractivity contribution in [2.45, 2.75) is 17.3 Å². The first-order valence-electron chi connectivity index (χ1n) is 6.78. The summed E-state index contributed by atoms with van der Waals surface area (Å²) in [5, 5.41) is 9.69. The number of rotatable bonds is 4. The number of hydrogen-bond acceptors (Lipinski definition) is 5. The van der Waals surface area contributed by atoms with E-state index < -0.39 is 17.0 Å². The van der Waals surface area contributed by atoms with Crippen LogP contribution in [0.4, 0.5) is 0 Å². The Labute approximate surface area is 129 Å². The predicted molar refractivity (Wildman–Crippen MR) is 82.7 cm³/mol. The smallest absolute Gasteiger partial charge is 0.491 e. The Balaban J connectivity index is 1.86. The first kappa shape index (κ1) is 15.1. The zero-order valence-corrected chi connectivity index (χ0v) is 12.8. The summed E-state index contributed by atoms with van der Waals surface area (Å²) in [4.78, 5) is 0.241. The lowest BCUT2D eigenvalue weighted by Gasteiger charge is -2.07. The Bertz CT molecular complexity index is 786. The lowest BCUT2D eigenvalue weighted by Crippen LogP contribution is -2.28. The number of methoxy groups -OCH3 is 1. The zero-order valence-electron chi connectivity index (χ0n) is 12.0. The molecule has 114 valence electrons. The molecule has 0 fully saturated rings. The molecule has 0 saturated heterocycles. The molecule has 0 bridgehead atoms. The second-order valence-electron chi connectivity index (χ2n) is 5.13. The van der Waals surface area contributed by atoms with Crippen molar-refractivity contribution in [3.05, 3.63) is 53.6 Å². The topological polar surface area (TPSA) is 72.8 Å². The summed E-state index contributed by atoms with van der Waals surface area (Å²) < 4.78 is 35.0. The highest BCUT2D eigenvalue weighted by Crippen LogP contribution is 2.20. The van der Waals surface area contributed by atoms with Crippen molar-refractivity contribution in [3.8, 4) is 5.75 Å². The second-order valence-corrected chi connectivity index (χ2v) is 7.12. The first-order valence-corrected chi connectivity index (χ1v) is 8.43. The van der Waals surface area contributed by atoms with Gasteiger partial charge in [-0.15, -0.1) is 0 Å². The van der Waals surface area contributed by atoms with Gasteiger partial charge < -0.3 is 14.4 Å². The number of fused-ring (bicyclic) bond motifs is 1. The predicted octanol–water partition coefficient (Wildman–Crippen LogP) is 0.887. The Morgan fingerprint density at radius 3 is 2.64 bits per heavy atom. The van der Waals surface area contributed by atoms with Gasteiger partial charge in [0.05, 0.1) is 24.4 Å². The van der Waals surface area contributed by atoms with Crippen LogP contribution in [0.15, 0.2) is 47.4 Å². The van der Waals surface area contributed by atoms with Gasteiger partial charge in [0.2, 0.25) is 0 Å². The minimum atomic E-state index is -3.45. The molecule has 1 N–H and O–H groups in total. The third kappa shape index (κ3) is 2.88. The van der Waals surface area contributed by atoms with Crippen molar-refractivity contribution in [1.82, 2.24) is 0 Å². The molecule has 0 saturated carbocycles. The first-order chi connectivity index (χ1) is 10.5. The van der Waals surface area contributed by atoms with Crippen LogP contribution in [-0.4, -0.2) is 27.7 Å². The fraction of sp³-hybridized carbons (Fsp3) is 0.200. The standard InChI is InChI=1S/C15H15BO5S/c1-20-13-4-6-14(7-5-13)22(18,19)10-11-2-3-12-9-21-16(17)15(12)8-11/h2-8,17H,9-10H2,1H3. The van der Waals surface area contributed by atoms with Gasteiger partial charge in [-0.2, -0.15) is 0 Å². The van der Waals surface area contributed by atoms with Crippen molar-refractivity contribution in [3.63, 3.8) is 0 Å². The molecule has 0 spiro atoms. The number of ether oxygens (including phenoxy) is 1. The van der Waals surface area contributed by atoms with E-state index in [9.17, 15) is 13.4 Å². The fourth-order valence-corrected chi connectivity index (χ4v) is 3.78. The highest BCUT2D eigenvalue weighted by Gasteiger charge is 2.28. The van der Waals surface area contributed by atoms with E-state index in [1.165, 1.54) is 19.2 Å². The molecule has 0 aliphatic carbocycles. The van der Waals surface area contributed by atoms with Crippen LogP contribution >= 0.6 is 0 Å². The van der Waals surface area contributed by atoms with E-state index in [0.717, 1.165) is 5.56 Å². The molecule has 2 aromatic carbocycles. The molecular formula is C15H15BO5S. The largest absolute Gasteiger partial charge is 0.497 e. The summed E-state index contributed by atoms with van der Waals surface area (Å²) in [6, 6.07) is 11.5. The molecule has 0 aromatic heterocycles.